The number of alkyl halides is 3. The lowest BCUT2D eigenvalue weighted by molar-refractivity contribution is -0.137. The highest BCUT2D eigenvalue weighted by atomic mass is 35.5. The molecule has 40 heavy (non-hydrogen) atoms. The summed E-state index contributed by atoms with van der Waals surface area (Å²) in [6.45, 7) is 3.02. The molecule has 2 aliphatic rings. The summed E-state index contributed by atoms with van der Waals surface area (Å²) in [4.78, 5) is 14.5. The van der Waals surface area contributed by atoms with E-state index in [1.165, 1.54) is 16.8 Å². The Kier molecular flexibility index (Phi) is 8.08. The quantitative estimate of drug-likeness (QED) is 0.418. The number of methoxy groups -OCH3 is 1. The number of ether oxygens (including phenoxy) is 1. The fourth-order valence-electron chi connectivity index (χ4n) is 4.86. The van der Waals surface area contributed by atoms with Crippen LogP contribution in [0.15, 0.2) is 36.9 Å². The standard InChI is InChI=1S/C25H29ClF3N7O3S/c1-39-18-12-34(13-18)11-16-3-4-22(20(26)9-16)35-14-21(31-15-35)23-19(25(27,28)29)10-30-24(33-23)32-17-5-7-36(8-6-17)40(2,37)38/h3-4,9-10,14-15,17-18H,5-8,11-13H2,1-2H3,(H,30,32,33). The molecule has 3 aromatic rings. The molecule has 216 valence electrons. The minimum Gasteiger partial charge on any atom is -0.379 e. The first-order valence-electron chi connectivity index (χ1n) is 12.6. The summed E-state index contributed by atoms with van der Waals surface area (Å²) in [6, 6.07) is 5.37. The summed E-state index contributed by atoms with van der Waals surface area (Å²) in [5, 5.41) is 3.49. The van der Waals surface area contributed by atoms with Crippen molar-refractivity contribution in [2.75, 3.05) is 44.9 Å². The van der Waals surface area contributed by atoms with Crippen LogP contribution < -0.4 is 5.32 Å². The highest BCUT2D eigenvalue weighted by Gasteiger charge is 2.36. The highest BCUT2D eigenvalue weighted by Crippen LogP contribution is 2.36. The number of nitrogens with zero attached hydrogens (tertiary/aromatic N) is 6. The average molecular weight is 600 g/mol. The average Bonchev–Trinajstić information content (AvgIpc) is 3.35. The number of sulfonamides is 1. The number of piperidine rings is 1. The number of hydrogen-bond donors (Lipinski definition) is 1. The van der Waals surface area contributed by atoms with E-state index in [-0.39, 0.29) is 29.5 Å². The number of anilines is 1. The number of hydrogen-bond acceptors (Lipinski definition) is 8. The SMILES string of the molecule is COC1CN(Cc2ccc(-n3cnc(-c4nc(NC5CCN(S(C)(=O)=O)CC5)ncc4C(F)(F)F)c3)c(Cl)c2)C1. The zero-order valence-electron chi connectivity index (χ0n) is 21.9. The van der Waals surface area contributed by atoms with E-state index in [2.05, 4.69) is 25.2 Å². The minimum absolute atomic E-state index is 0.0102. The second-order valence-corrected chi connectivity index (χ2v) is 12.4. The van der Waals surface area contributed by atoms with Gasteiger partial charge in [-0.15, -0.1) is 0 Å². The van der Waals surface area contributed by atoms with Crippen molar-refractivity contribution in [2.24, 2.45) is 0 Å². The van der Waals surface area contributed by atoms with Crippen LogP contribution >= 0.6 is 11.6 Å². The van der Waals surface area contributed by atoms with E-state index in [9.17, 15) is 21.6 Å². The van der Waals surface area contributed by atoms with Gasteiger partial charge in [0, 0.05) is 58.3 Å². The zero-order valence-corrected chi connectivity index (χ0v) is 23.5. The molecule has 10 nitrogen and oxygen atoms in total. The van der Waals surface area contributed by atoms with Gasteiger partial charge in [0.15, 0.2) is 0 Å². The van der Waals surface area contributed by atoms with E-state index >= 15 is 0 Å². The van der Waals surface area contributed by atoms with E-state index in [1.807, 2.05) is 12.1 Å². The van der Waals surface area contributed by atoms with Crippen molar-refractivity contribution in [1.82, 2.24) is 28.7 Å². The molecule has 0 spiro atoms. The number of imidazole rings is 1. The number of nitrogens with one attached hydrogen (secondary N) is 1. The third kappa shape index (κ3) is 6.41. The Bertz CT molecular complexity index is 1470. The lowest BCUT2D eigenvalue weighted by atomic mass is 10.1. The third-order valence-electron chi connectivity index (χ3n) is 7.13. The van der Waals surface area contributed by atoms with E-state index < -0.39 is 21.8 Å². The van der Waals surface area contributed by atoms with Gasteiger partial charge >= 0.3 is 6.18 Å². The van der Waals surface area contributed by atoms with E-state index in [0.717, 1.165) is 31.1 Å². The van der Waals surface area contributed by atoms with Gasteiger partial charge in [0.25, 0.3) is 0 Å². The summed E-state index contributed by atoms with van der Waals surface area (Å²) < 4.78 is 73.4. The number of rotatable bonds is 8. The first-order chi connectivity index (χ1) is 18.9. The Morgan fingerprint density at radius 2 is 1.90 bits per heavy atom. The molecule has 0 radical (unpaired) electrons. The Morgan fingerprint density at radius 3 is 2.52 bits per heavy atom. The molecule has 4 heterocycles. The highest BCUT2D eigenvalue weighted by molar-refractivity contribution is 7.88. The third-order valence-corrected chi connectivity index (χ3v) is 8.73. The summed E-state index contributed by atoms with van der Waals surface area (Å²) in [5.41, 5.74) is 0.213. The van der Waals surface area contributed by atoms with Crippen LogP contribution in [0, 0.1) is 0 Å². The van der Waals surface area contributed by atoms with Crippen molar-refractivity contribution in [3.63, 3.8) is 0 Å². The maximum Gasteiger partial charge on any atom is 0.420 e. The zero-order chi connectivity index (χ0) is 28.7. The van der Waals surface area contributed by atoms with Gasteiger partial charge < -0.3 is 14.6 Å². The molecule has 1 N–H and O–H groups in total. The van der Waals surface area contributed by atoms with Crippen LogP contribution in [0.25, 0.3) is 17.1 Å². The molecule has 2 fully saturated rings. The van der Waals surface area contributed by atoms with Crippen LogP contribution in [0.2, 0.25) is 5.02 Å². The van der Waals surface area contributed by atoms with Crippen LogP contribution in [0.4, 0.5) is 19.1 Å². The topological polar surface area (TPSA) is 105 Å². The molecule has 0 saturated carbocycles. The van der Waals surface area contributed by atoms with Gasteiger partial charge in [-0.05, 0) is 30.5 Å². The van der Waals surface area contributed by atoms with Gasteiger partial charge in [-0.3, -0.25) is 4.90 Å². The Balaban J connectivity index is 1.35. The predicted molar refractivity (Wildman–Crippen MR) is 144 cm³/mol. The number of aromatic nitrogens is 4. The van der Waals surface area contributed by atoms with Gasteiger partial charge in [-0.1, -0.05) is 17.7 Å². The Labute approximate surface area is 235 Å². The fraction of sp³-hybridized carbons (Fsp3) is 0.480. The van der Waals surface area contributed by atoms with Crippen molar-refractivity contribution in [1.29, 1.82) is 0 Å². The smallest absolute Gasteiger partial charge is 0.379 e. The van der Waals surface area contributed by atoms with Crippen molar-refractivity contribution < 1.29 is 26.3 Å². The van der Waals surface area contributed by atoms with Crippen molar-refractivity contribution in [3.8, 4) is 17.1 Å². The Hall–Kier alpha value is -2.78. The number of likely N-dealkylation sites (tertiary alicyclic amines) is 1. The van der Waals surface area contributed by atoms with Crippen molar-refractivity contribution in [2.45, 2.75) is 37.7 Å². The van der Waals surface area contributed by atoms with Crippen molar-refractivity contribution >= 4 is 27.6 Å². The number of benzene rings is 1. The normalized spacial score (nSPS) is 18.1. The van der Waals surface area contributed by atoms with Crippen LogP contribution in [0.5, 0.6) is 0 Å². The summed E-state index contributed by atoms with van der Waals surface area (Å²) in [5.74, 6) is 0.0134. The molecule has 0 amide bonds. The van der Waals surface area contributed by atoms with Crippen molar-refractivity contribution in [3.05, 3.63) is 53.1 Å². The molecule has 0 bridgehead atoms. The molecule has 2 aromatic heterocycles. The van der Waals surface area contributed by atoms with Gasteiger partial charge in [-0.25, -0.2) is 27.7 Å². The molecule has 1 aromatic carbocycles. The second kappa shape index (κ2) is 11.2. The van der Waals surface area contributed by atoms with Crippen LogP contribution in [-0.4, -0.2) is 88.8 Å². The van der Waals surface area contributed by atoms with Gasteiger partial charge in [0.2, 0.25) is 16.0 Å². The van der Waals surface area contributed by atoms with Gasteiger partial charge in [0.05, 0.1) is 23.1 Å². The van der Waals surface area contributed by atoms with E-state index in [4.69, 9.17) is 16.3 Å². The molecular formula is C25H29ClF3N7O3S. The number of halogens is 4. The molecule has 0 unspecified atom stereocenters. The summed E-state index contributed by atoms with van der Waals surface area (Å²) in [7, 11) is -1.61. The van der Waals surface area contributed by atoms with Crippen LogP contribution in [0.1, 0.15) is 24.0 Å². The maximum absolute atomic E-state index is 13.9. The van der Waals surface area contributed by atoms with Gasteiger partial charge in [0.1, 0.15) is 23.3 Å². The second-order valence-electron chi connectivity index (χ2n) is 10.0. The Morgan fingerprint density at radius 1 is 1.18 bits per heavy atom. The van der Waals surface area contributed by atoms with Crippen LogP contribution in [0.3, 0.4) is 0 Å². The lowest BCUT2D eigenvalue weighted by Gasteiger charge is -2.38. The van der Waals surface area contributed by atoms with Crippen LogP contribution in [-0.2, 0) is 27.5 Å². The summed E-state index contributed by atoms with van der Waals surface area (Å²) >= 11 is 6.55. The predicted octanol–water partition coefficient (Wildman–Crippen LogP) is 3.67. The monoisotopic (exact) mass is 599 g/mol. The molecule has 2 aliphatic heterocycles. The molecule has 0 atom stereocenters. The maximum atomic E-state index is 13.9. The largest absolute Gasteiger partial charge is 0.420 e. The van der Waals surface area contributed by atoms with E-state index in [1.54, 1.807) is 17.7 Å². The molecule has 0 aliphatic carbocycles. The minimum atomic E-state index is -4.70. The lowest BCUT2D eigenvalue weighted by Crippen LogP contribution is -2.50. The molecule has 15 heteroatoms. The summed E-state index contributed by atoms with van der Waals surface area (Å²) in [6.07, 6.45) is 1.22. The molecular weight excluding hydrogens is 571 g/mol. The molecule has 5 rings (SSSR count). The van der Waals surface area contributed by atoms with Gasteiger partial charge in [-0.2, -0.15) is 13.2 Å². The first kappa shape index (κ1) is 28.7. The fourth-order valence-corrected chi connectivity index (χ4v) is 6.04. The molecule has 2 saturated heterocycles. The van der Waals surface area contributed by atoms with E-state index in [0.29, 0.717) is 43.2 Å². The first-order valence-corrected chi connectivity index (χ1v) is 14.9.